The van der Waals surface area contributed by atoms with Crippen LogP contribution in [0.5, 0.6) is 0 Å². The molecule has 1 N–H and O–H groups in total. The van der Waals surface area contributed by atoms with E-state index in [1.54, 1.807) is 4.90 Å². The molecule has 1 saturated heterocycles. The van der Waals surface area contributed by atoms with Gasteiger partial charge in [-0.15, -0.1) is 0 Å². The average Bonchev–Trinajstić information content (AvgIpc) is 2.80. The normalized spacial score (nSPS) is 19.1. The Kier molecular flexibility index (Phi) is 2.71. The van der Waals surface area contributed by atoms with E-state index in [0.717, 1.165) is 16.5 Å². The molecule has 0 bridgehead atoms. The summed E-state index contributed by atoms with van der Waals surface area (Å²) in [5, 5.41) is 11.1. The van der Waals surface area contributed by atoms with Gasteiger partial charge in [-0.2, -0.15) is 0 Å². The Morgan fingerprint density at radius 3 is 2.58 bits per heavy atom. The van der Waals surface area contributed by atoms with Gasteiger partial charge in [-0.25, -0.2) is 0 Å². The summed E-state index contributed by atoms with van der Waals surface area (Å²) >= 11 is 0. The molecule has 1 aliphatic heterocycles. The quantitative estimate of drug-likeness (QED) is 0.895. The van der Waals surface area contributed by atoms with Crippen LogP contribution in [-0.2, 0) is 9.59 Å². The number of carboxylic acids is 1. The maximum Gasteiger partial charge on any atom is 0.308 e. The van der Waals surface area contributed by atoms with E-state index in [1.807, 2.05) is 42.5 Å². The highest BCUT2D eigenvalue weighted by Crippen LogP contribution is 2.28. The summed E-state index contributed by atoms with van der Waals surface area (Å²) < 4.78 is 0. The molecule has 0 saturated carbocycles. The van der Waals surface area contributed by atoms with E-state index < -0.39 is 11.9 Å². The van der Waals surface area contributed by atoms with Crippen molar-refractivity contribution in [1.29, 1.82) is 0 Å². The third-order valence-corrected chi connectivity index (χ3v) is 3.52. The number of hydrogen-bond donors (Lipinski definition) is 1. The van der Waals surface area contributed by atoms with Gasteiger partial charge in [0.15, 0.2) is 0 Å². The number of carbonyl (C=O) groups is 2. The predicted molar refractivity (Wildman–Crippen MR) is 72.0 cm³/mol. The second-order valence-corrected chi connectivity index (χ2v) is 4.78. The standard InChI is InChI=1S/C15H13NO3/c17-14-8-12(15(18)19)9-16(14)13-6-5-10-3-1-2-4-11(10)7-13/h1-7,12H,8-9H2,(H,18,19). The maximum atomic E-state index is 11.9. The number of nitrogens with zero attached hydrogens (tertiary/aromatic N) is 1. The third-order valence-electron chi connectivity index (χ3n) is 3.52. The smallest absolute Gasteiger partial charge is 0.308 e. The van der Waals surface area contributed by atoms with E-state index in [-0.39, 0.29) is 18.9 Å². The first kappa shape index (κ1) is 11.7. The Bertz CT molecular complexity index is 665. The zero-order valence-electron chi connectivity index (χ0n) is 10.2. The fourth-order valence-corrected chi connectivity index (χ4v) is 2.47. The van der Waals surface area contributed by atoms with Crippen LogP contribution in [-0.4, -0.2) is 23.5 Å². The largest absolute Gasteiger partial charge is 0.481 e. The summed E-state index contributed by atoms with van der Waals surface area (Å²) in [5.74, 6) is -1.63. The van der Waals surface area contributed by atoms with Crippen LogP contribution in [0, 0.1) is 5.92 Å². The molecule has 1 unspecified atom stereocenters. The minimum absolute atomic E-state index is 0.0855. The summed E-state index contributed by atoms with van der Waals surface area (Å²) in [6.07, 6.45) is 0.0855. The van der Waals surface area contributed by atoms with Gasteiger partial charge >= 0.3 is 5.97 Å². The topological polar surface area (TPSA) is 57.6 Å². The molecule has 19 heavy (non-hydrogen) atoms. The van der Waals surface area contributed by atoms with Crippen molar-refractivity contribution in [1.82, 2.24) is 0 Å². The van der Waals surface area contributed by atoms with Gasteiger partial charge < -0.3 is 10.0 Å². The molecule has 0 spiro atoms. The van der Waals surface area contributed by atoms with E-state index >= 15 is 0 Å². The highest BCUT2D eigenvalue weighted by molar-refractivity contribution is 6.00. The lowest BCUT2D eigenvalue weighted by molar-refractivity contribution is -0.141. The first-order chi connectivity index (χ1) is 9.15. The number of amides is 1. The second kappa shape index (κ2) is 4.39. The van der Waals surface area contributed by atoms with Crippen LogP contribution in [0.25, 0.3) is 10.8 Å². The van der Waals surface area contributed by atoms with Crippen LogP contribution in [0.3, 0.4) is 0 Å². The van der Waals surface area contributed by atoms with Gasteiger partial charge in [0.1, 0.15) is 0 Å². The number of rotatable bonds is 2. The van der Waals surface area contributed by atoms with Gasteiger partial charge in [-0.3, -0.25) is 9.59 Å². The molecule has 1 atom stereocenters. The van der Waals surface area contributed by atoms with Crippen molar-refractivity contribution in [2.24, 2.45) is 5.92 Å². The van der Waals surface area contributed by atoms with Crippen LogP contribution in [0.15, 0.2) is 42.5 Å². The Hall–Kier alpha value is -2.36. The first-order valence-electron chi connectivity index (χ1n) is 6.17. The van der Waals surface area contributed by atoms with Gasteiger partial charge in [0.25, 0.3) is 0 Å². The number of carboxylic acid groups (broad SMARTS) is 1. The molecular formula is C15H13NO3. The molecule has 3 rings (SSSR count). The van der Waals surface area contributed by atoms with Crippen LogP contribution >= 0.6 is 0 Å². The van der Waals surface area contributed by atoms with E-state index in [0.29, 0.717) is 0 Å². The van der Waals surface area contributed by atoms with E-state index in [4.69, 9.17) is 5.11 Å². The van der Waals surface area contributed by atoms with Gasteiger partial charge in [0, 0.05) is 18.7 Å². The summed E-state index contributed by atoms with van der Waals surface area (Å²) in [5.41, 5.74) is 0.771. The van der Waals surface area contributed by atoms with Crippen molar-refractivity contribution in [3.63, 3.8) is 0 Å². The molecule has 0 radical (unpaired) electrons. The fraction of sp³-hybridized carbons (Fsp3) is 0.200. The number of aliphatic carboxylic acids is 1. The first-order valence-corrected chi connectivity index (χ1v) is 6.17. The molecule has 1 heterocycles. The highest BCUT2D eigenvalue weighted by Gasteiger charge is 2.34. The lowest BCUT2D eigenvalue weighted by Gasteiger charge is -2.16. The Labute approximate surface area is 110 Å². The number of carbonyl (C=O) groups excluding carboxylic acids is 1. The van der Waals surface area contributed by atoms with Crippen molar-refractivity contribution in [3.8, 4) is 0 Å². The van der Waals surface area contributed by atoms with Gasteiger partial charge in [0.2, 0.25) is 5.91 Å². The van der Waals surface area contributed by atoms with Crippen LogP contribution < -0.4 is 4.90 Å². The Morgan fingerprint density at radius 2 is 1.89 bits per heavy atom. The van der Waals surface area contributed by atoms with Gasteiger partial charge in [-0.05, 0) is 22.9 Å². The maximum absolute atomic E-state index is 11.9. The minimum atomic E-state index is -0.906. The third kappa shape index (κ3) is 2.05. The Morgan fingerprint density at radius 1 is 1.16 bits per heavy atom. The Balaban J connectivity index is 1.96. The van der Waals surface area contributed by atoms with Crippen molar-refractivity contribution in [3.05, 3.63) is 42.5 Å². The molecule has 0 aliphatic carbocycles. The van der Waals surface area contributed by atoms with Crippen molar-refractivity contribution in [2.45, 2.75) is 6.42 Å². The van der Waals surface area contributed by atoms with Crippen molar-refractivity contribution >= 4 is 28.3 Å². The van der Waals surface area contributed by atoms with E-state index in [2.05, 4.69) is 0 Å². The van der Waals surface area contributed by atoms with E-state index in [9.17, 15) is 9.59 Å². The summed E-state index contributed by atoms with van der Waals surface area (Å²) in [7, 11) is 0. The van der Waals surface area contributed by atoms with Crippen LogP contribution in [0.1, 0.15) is 6.42 Å². The molecule has 0 aromatic heterocycles. The van der Waals surface area contributed by atoms with E-state index in [1.165, 1.54) is 0 Å². The SMILES string of the molecule is O=C(O)C1CC(=O)N(c2ccc3ccccc3c2)C1. The summed E-state index contributed by atoms with van der Waals surface area (Å²) in [6.45, 7) is 0.256. The van der Waals surface area contributed by atoms with Gasteiger partial charge in [0.05, 0.1) is 5.92 Å². The molecule has 4 nitrogen and oxygen atoms in total. The molecule has 1 fully saturated rings. The molecular weight excluding hydrogens is 242 g/mol. The summed E-state index contributed by atoms with van der Waals surface area (Å²) in [4.78, 5) is 24.4. The molecule has 96 valence electrons. The van der Waals surface area contributed by atoms with Crippen LogP contribution in [0.4, 0.5) is 5.69 Å². The van der Waals surface area contributed by atoms with Crippen LogP contribution in [0.2, 0.25) is 0 Å². The molecule has 4 heteroatoms. The summed E-state index contributed by atoms with van der Waals surface area (Å²) in [6, 6.07) is 13.6. The van der Waals surface area contributed by atoms with Crippen molar-refractivity contribution < 1.29 is 14.7 Å². The molecule has 1 amide bonds. The molecule has 1 aliphatic rings. The lowest BCUT2D eigenvalue weighted by atomic mass is 10.1. The number of benzene rings is 2. The average molecular weight is 255 g/mol. The minimum Gasteiger partial charge on any atom is -0.481 e. The molecule has 2 aromatic carbocycles. The zero-order chi connectivity index (χ0) is 13.4. The molecule has 2 aromatic rings. The number of hydrogen-bond acceptors (Lipinski definition) is 2. The zero-order valence-corrected chi connectivity index (χ0v) is 10.2. The predicted octanol–water partition coefficient (Wildman–Crippen LogP) is 2.28. The monoisotopic (exact) mass is 255 g/mol. The highest BCUT2D eigenvalue weighted by atomic mass is 16.4. The lowest BCUT2D eigenvalue weighted by Crippen LogP contribution is -2.25. The number of fused-ring (bicyclic) bond motifs is 1. The fourth-order valence-electron chi connectivity index (χ4n) is 2.47. The van der Waals surface area contributed by atoms with Gasteiger partial charge in [-0.1, -0.05) is 30.3 Å². The number of anilines is 1. The second-order valence-electron chi connectivity index (χ2n) is 4.78. The van der Waals surface area contributed by atoms with Crippen molar-refractivity contribution in [2.75, 3.05) is 11.4 Å².